The van der Waals surface area contributed by atoms with E-state index in [0.29, 0.717) is 11.7 Å². The van der Waals surface area contributed by atoms with Crippen LogP contribution in [0.4, 0.5) is 0 Å². The molecule has 0 amide bonds. The topological polar surface area (TPSA) is 39.7 Å². The molecule has 2 unspecified atom stereocenters. The Kier molecular flexibility index (Phi) is 7.37. The maximum Gasteiger partial charge on any atom is 0.164 e. The predicted octanol–water partition coefficient (Wildman–Crippen LogP) is 3.80. The highest BCUT2D eigenvalue weighted by Gasteiger charge is 2.20. The lowest BCUT2D eigenvalue weighted by Gasteiger charge is -2.24. The van der Waals surface area contributed by atoms with Crippen molar-refractivity contribution in [1.82, 2.24) is 5.32 Å². The number of ether oxygens (including phenoxy) is 3. The molecule has 1 aromatic rings. The first-order valence-electron chi connectivity index (χ1n) is 7.58. The van der Waals surface area contributed by atoms with E-state index in [9.17, 15) is 0 Å². The quantitative estimate of drug-likeness (QED) is 0.752. The fraction of sp³-hybridized carbons (Fsp3) is 0.647. The van der Waals surface area contributed by atoms with Gasteiger partial charge in [-0.3, -0.25) is 0 Å². The number of methoxy groups -OCH3 is 3. The van der Waals surface area contributed by atoms with Crippen LogP contribution in [-0.2, 0) is 0 Å². The smallest absolute Gasteiger partial charge is 0.164 e. The predicted molar refractivity (Wildman–Crippen MR) is 86.6 cm³/mol. The van der Waals surface area contributed by atoms with E-state index >= 15 is 0 Å². The molecule has 0 saturated carbocycles. The van der Waals surface area contributed by atoms with E-state index in [1.54, 1.807) is 21.3 Å². The zero-order chi connectivity index (χ0) is 15.8. The molecule has 0 saturated heterocycles. The van der Waals surface area contributed by atoms with Crippen LogP contribution in [0.5, 0.6) is 17.2 Å². The highest BCUT2D eigenvalue weighted by atomic mass is 16.5. The molecule has 0 aliphatic heterocycles. The molecule has 1 rings (SSSR count). The number of hydrogen-bond acceptors (Lipinski definition) is 4. The third-order valence-electron chi connectivity index (χ3n) is 3.88. The van der Waals surface area contributed by atoms with Crippen LogP contribution in [0.2, 0.25) is 0 Å². The minimum absolute atomic E-state index is 0.237. The number of rotatable bonds is 9. The molecular weight excluding hydrogens is 266 g/mol. The van der Waals surface area contributed by atoms with Gasteiger partial charge in [0.25, 0.3) is 0 Å². The second kappa shape index (κ2) is 8.78. The van der Waals surface area contributed by atoms with Gasteiger partial charge < -0.3 is 19.5 Å². The molecule has 120 valence electrons. The van der Waals surface area contributed by atoms with Crippen LogP contribution in [0.15, 0.2) is 12.1 Å². The average molecular weight is 295 g/mol. The summed E-state index contributed by atoms with van der Waals surface area (Å²) in [4.78, 5) is 0. The maximum absolute atomic E-state index is 5.54. The second-order valence-electron chi connectivity index (χ2n) is 5.42. The minimum Gasteiger partial charge on any atom is -0.496 e. The summed E-state index contributed by atoms with van der Waals surface area (Å²) in [6, 6.07) is 4.14. The van der Waals surface area contributed by atoms with E-state index in [2.05, 4.69) is 19.2 Å². The van der Waals surface area contributed by atoms with Gasteiger partial charge in [0.2, 0.25) is 0 Å². The first-order valence-corrected chi connectivity index (χ1v) is 7.58. The number of nitrogens with one attached hydrogen (secondary N) is 1. The van der Waals surface area contributed by atoms with Crippen LogP contribution < -0.4 is 19.5 Å². The molecular formula is C17H29NO3. The zero-order valence-electron chi connectivity index (χ0n) is 14.2. The third-order valence-corrected chi connectivity index (χ3v) is 3.88. The van der Waals surface area contributed by atoms with Crippen LogP contribution in [0, 0.1) is 5.92 Å². The Morgan fingerprint density at radius 1 is 1.00 bits per heavy atom. The molecule has 0 bridgehead atoms. The normalized spacial score (nSPS) is 13.6. The molecule has 4 nitrogen and oxygen atoms in total. The lowest BCUT2D eigenvalue weighted by atomic mass is 9.92. The Morgan fingerprint density at radius 2 is 1.57 bits per heavy atom. The van der Waals surface area contributed by atoms with E-state index in [0.717, 1.165) is 23.5 Å². The van der Waals surface area contributed by atoms with Crippen molar-refractivity contribution < 1.29 is 14.2 Å². The summed E-state index contributed by atoms with van der Waals surface area (Å²) in [5, 5.41) is 3.39. The van der Waals surface area contributed by atoms with Gasteiger partial charge in [0, 0.05) is 17.7 Å². The van der Waals surface area contributed by atoms with Crippen molar-refractivity contribution in [1.29, 1.82) is 0 Å². The van der Waals surface area contributed by atoms with Crippen molar-refractivity contribution in [3.8, 4) is 17.2 Å². The largest absolute Gasteiger partial charge is 0.496 e. The van der Waals surface area contributed by atoms with E-state index in [-0.39, 0.29) is 6.04 Å². The van der Waals surface area contributed by atoms with Gasteiger partial charge >= 0.3 is 0 Å². The van der Waals surface area contributed by atoms with Crippen molar-refractivity contribution in [2.75, 3.05) is 28.4 Å². The summed E-state index contributed by atoms with van der Waals surface area (Å²) in [6.45, 7) is 4.52. The molecule has 0 radical (unpaired) electrons. The minimum atomic E-state index is 0.237. The van der Waals surface area contributed by atoms with Gasteiger partial charge in [-0.2, -0.15) is 0 Å². The van der Waals surface area contributed by atoms with E-state index < -0.39 is 0 Å². The Labute approximate surface area is 128 Å². The van der Waals surface area contributed by atoms with Gasteiger partial charge in [-0.25, -0.2) is 0 Å². The lowest BCUT2D eigenvalue weighted by molar-refractivity contribution is 0.341. The molecule has 0 spiro atoms. The van der Waals surface area contributed by atoms with Gasteiger partial charge in [-0.1, -0.05) is 26.7 Å². The molecule has 0 aliphatic carbocycles. The lowest BCUT2D eigenvalue weighted by Crippen LogP contribution is -2.20. The van der Waals surface area contributed by atoms with Gasteiger partial charge in [0.05, 0.1) is 21.3 Å². The summed E-state index contributed by atoms with van der Waals surface area (Å²) in [7, 11) is 6.96. The van der Waals surface area contributed by atoms with Crippen LogP contribution in [0.1, 0.15) is 44.7 Å². The second-order valence-corrected chi connectivity index (χ2v) is 5.42. The molecule has 1 aromatic carbocycles. The van der Waals surface area contributed by atoms with Crippen LogP contribution >= 0.6 is 0 Å². The van der Waals surface area contributed by atoms with Crippen LogP contribution in [0.25, 0.3) is 0 Å². The summed E-state index contributed by atoms with van der Waals surface area (Å²) < 4.78 is 16.3. The average Bonchev–Trinajstić information content (AvgIpc) is 2.51. The third kappa shape index (κ3) is 4.53. The van der Waals surface area contributed by atoms with Crippen molar-refractivity contribution in [2.24, 2.45) is 5.92 Å². The van der Waals surface area contributed by atoms with Crippen LogP contribution in [-0.4, -0.2) is 28.4 Å². The first kappa shape index (κ1) is 17.6. The Balaban J connectivity index is 3.12. The van der Waals surface area contributed by atoms with E-state index in [1.807, 2.05) is 19.2 Å². The zero-order valence-corrected chi connectivity index (χ0v) is 14.2. The highest BCUT2D eigenvalue weighted by Crippen LogP contribution is 2.39. The van der Waals surface area contributed by atoms with Gasteiger partial charge in [0.1, 0.15) is 5.75 Å². The van der Waals surface area contributed by atoms with Gasteiger partial charge in [0.15, 0.2) is 11.5 Å². The molecule has 0 aromatic heterocycles. The molecule has 2 atom stereocenters. The van der Waals surface area contributed by atoms with Crippen molar-refractivity contribution in [3.63, 3.8) is 0 Å². The summed E-state index contributed by atoms with van der Waals surface area (Å²) in [5.74, 6) is 2.91. The Morgan fingerprint density at radius 3 is 2.05 bits per heavy atom. The molecule has 21 heavy (non-hydrogen) atoms. The SMILES string of the molecule is CCCC(C)CC(NC)c1cc(OC)c(OC)cc1OC. The monoisotopic (exact) mass is 295 g/mol. The Bertz CT molecular complexity index is 434. The molecule has 0 heterocycles. The molecule has 0 fully saturated rings. The highest BCUT2D eigenvalue weighted by molar-refractivity contribution is 5.51. The van der Waals surface area contributed by atoms with Crippen molar-refractivity contribution in [2.45, 2.75) is 39.2 Å². The van der Waals surface area contributed by atoms with Crippen molar-refractivity contribution in [3.05, 3.63) is 17.7 Å². The summed E-state index contributed by atoms with van der Waals surface area (Å²) in [6.07, 6.45) is 3.50. The van der Waals surface area contributed by atoms with Crippen LogP contribution in [0.3, 0.4) is 0 Å². The summed E-state index contributed by atoms with van der Waals surface area (Å²) in [5.41, 5.74) is 1.11. The first-order chi connectivity index (χ1) is 10.1. The van der Waals surface area contributed by atoms with E-state index in [1.165, 1.54) is 12.8 Å². The van der Waals surface area contributed by atoms with Gasteiger partial charge in [-0.15, -0.1) is 0 Å². The fourth-order valence-corrected chi connectivity index (χ4v) is 2.74. The standard InChI is InChI=1S/C17H29NO3/c1-7-8-12(2)9-14(18-3)13-10-16(20-5)17(21-6)11-15(13)19-4/h10-12,14,18H,7-9H2,1-6H3. The van der Waals surface area contributed by atoms with Crippen molar-refractivity contribution >= 4 is 0 Å². The molecule has 0 aliphatic rings. The number of hydrogen-bond donors (Lipinski definition) is 1. The number of benzene rings is 1. The summed E-state index contributed by atoms with van der Waals surface area (Å²) >= 11 is 0. The molecule has 4 heteroatoms. The Hall–Kier alpha value is -1.42. The molecule has 1 N–H and O–H groups in total. The van der Waals surface area contributed by atoms with Gasteiger partial charge in [-0.05, 0) is 25.5 Å². The fourth-order valence-electron chi connectivity index (χ4n) is 2.74. The maximum atomic E-state index is 5.54. The van der Waals surface area contributed by atoms with E-state index in [4.69, 9.17) is 14.2 Å².